The van der Waals surface area contributed by atoms with Crippen LogP contribution in [0.5, 0.6) is 0 Å². The summed E-state index contributed by atoms with van der Waals surface area (Å²) in [5.74, 6) is 0. The lowest BCUT2D eigenvalue weighted by Crippen LogP contribution is -2.48. The van der Waals surface area contributed by atoms with Crippen LogP contribution >= 0.6 is 0 Å². The molecule has 2 aromatic rings. The van der Waals surface area contributed by atoms with E-state index < -0.39 is 5.60 Å². The van der Waals surface area contributed by atoms with E-state index in [1.165, 1.54) is 0 Å². The van der Waals surface area contributed by atoms with Crippen LogP contribution in [0.3, 0.4) is 0 Å². The zero-order chi connectivity index (χ0) is 18.1. The fourth-order valence-corrected chi connectivity index (χ4v) is 2.49. The maximum atomic E-state index is 12.5. The zero-order valence-electron chi connectivity index (χ0n) is 15.3. The molecule has 6 heteroatoms. The van der Waals surface area contributed by atoms with Crippen molar-refractivity contribution >= 4 is 17.1 Å². The first-order valence-corrected chi connectivity index (χ1v) is 8.17. The van der Waals surface area contributed by atoms with Crippen LogP contribution in [-0.2, 0) is 11.2 Å². The number of hydrogen-bond acceptors (Lipinski definition) is 3. The molecule has 0 aliphatic rings. The number of amides is 1. The Labute approximate surface area is 142 Å². The first-order chi connectivity index (χ1) is 11.0. The van der Waals surface area contributed by atoms with Crippen LogP contribution < -0.4 is 5.69 Å². The number of rotatable bonds is 3. The molecule has 0 aliphatic carbocycles. The molecule has 2 rings (SSSR count). The highest BCUT2D eigenvalue weighted by Gasteiger charge is 2.30. The van der Waals surface area contributed by atoms with Crippen LogP contribution in [0.15, 0.2) is 23.0 Å². The van der Waals surface area contributed by atoms with Gasteiger partial charge < -0.3 is 19.6 Å². The van der Waals surface area contributed by atoms with Gasteiger partial charge in [0, 0.05) is 12.1 Å². The van der Waals surface area contributed by atoms with E-state index >= 15 is 0 Å². The largest absolute Gasteiger partial charge is 0.444 e. The average Bonchev–Trinajstić information content (AvgIpc) is 2.74. The summed E-state index contributed by atoms with van der Waals surface area (Å²) in [6.45, 7) is 12.1. The lowest BCUT2D eigenvalue weighted by Gasteiger charge is -2.37. The van der Waals surface area contributed by atoms with Crippen LogP contribution in [0.2, 0.25) is 0 Å². The second-order valence-electron chi connectivity index (χ2n) is 8.01. The summed E-state index contributed by atoms with van der Waals surface area (Å²) >= 11 is 0. The van der Waals surface area contributed by atoms with E-state index in [0.717, 1.165) is 16.6 Å². The van der Waals surface area contributed by atoms with Gasteiger partial charge in [-0.05, 0) is 65.7 Å². The number of benzene rings is 1. The minimum Gasteiger partial charge on any atom is -0.444 e. The average molecular weight is 333 g/mol. The van der Waals surface area contributed by atoms with Gasteiger partial charge in [-0.1, -0.05) is 6.07 Å². The van der Waals surface area contributed by atoms with Crippen molar-refractivity contribution in [2.45, 2.75) is 59.1 Å². The van der Waals surface area contributed by atoms with Crippen molar-refractivity contribution in [2.75, 3.05) is 6.54 Å². The van der Waals surface area contributed by atoms with Gasteiger partial charge in [-0.25, -0.2) is 9.59 Å². The minimum absolute atomic E-state index is 0.216. The van der Waals surface area contributed by atoms with Gasteiger partial charge in [-0.2, -0.15) is 0 Å². The fourth-order valence-electron chi connectivity index (χ4n) is 2.49. The normalized spacial score (nSPS) is 12.4. The highest BCUT2D eigenvalue weighted by Crippen LogP contribution is 2.20. The number of nitrogens with one attached hydrogen (secondary N) is 2. The van der Waals surface area contributed by atoms with Crippen molar-refractivity contribution in [2.24, 2.45) is 0 Å². The van der Waals surface area contributed by atoms with Gasteiger partial charge in [0.2, 0.25) is 0 Å². The predicted molar refractivity (Wildman–Crippen MR) is 95.3 cm³/mol. The third-order valence-electron chi connectivity index (χ3n) is 3.63. The van der Waals surface area contributed by atoms with Crippen molar-refractivity contribution in [3.8, 4) is 0 Å². The smallest absolute Gasteiger partial charge is 0.410 e. The lowest BCUT2D eigenvalue weighted by molar-refractivity contribution is 0.00665. The van der Waals surface area contributed by atoms with Gasteiger partial charge in [-0.15, -0.1) is 0 Å². The molecule has 0 bridgehead atoms. The SMILES string of the molecule is CC(C)(C)OC(=O)N(CCc1ccc2[nH]c(=O)[nH]c2c1)C(C)(C)C. The molecule has 0 aliphatic heterocycles. The number of ether oxygens (including phenoxy) is 1. The lowest BCUT2D eigenvalue weighted by atomic mass is 10.0. The summed E-state index contributed by atoms with van der Waals surface area (Å²) in [6, 6.07) is 5.77. The topological polar surface area (TPSA) is 78.2 Å². The highest BCUT2D eigenvalue weighted by atomic mass is 16.6. The van der Waals surface area contributed by atoms with E-state index in [1.807, 2.05) is 59.7 Å². The van der Waals surface area contributed by atoms with Crippen molar-refractivity contribution in [1.29, 1.82) is 0 Å². The van der Waals surface area contributed by atoms with Crippen molar-refractivity contribution < 1.29 is 9.53 Å². The Morgan fingerprint density at radius 3 is 2.29 bits per heavy atom. The summed E-state index contributed by atoms with van der Waals surface area (Å²) in [5.41, 5.74) is 1.53. The molecule has 0 unspecified atom stereocenters. The molecule has 0 atom stereocenters. The van der Waals surface area contributed by atoms with E-state index in [9.17, 15) is 9.59 Å². The fraction of sp³-hybridized carbons (Fsp3) is 0.556. The van der Waals surface area contributed by atoms with Crippen LogP contribution in [0.25, 0.3) is 11.0 Å². The summed E-state index contributed by atoms with van der Waals surface area (Å²) in [6.07, 6.45) is 0.366. The first kappa shape index (κ1) is 18.1. The van der Waals surface area contributed by atoms with E-state index in [4.69, 9.17) is 4.74 Å². The third-order valence-corrected chi connectivity index (χ3v) is 3.63. The Balaban J connectivity index is 2.14. The van der Waals surface area contributed by atoms with Gasteiger partial charge in [0.15, 0.2) is 0 Å². The van der Waals surface area contributed by atoms with E-state index in [0.29, 0.717) is 13.0 Å². The Bertz CT molecular complexity index is 775. The van der Waals surface area contributed by atoms with E-state index in [-0.39, 0.29) is 17.3 Å². The number of carbonyl (C=O) groups excluding carboxylic acids is 1. The van der Waals surface area contributed by atoms with E-state index in [2.05, 4.69) is 9.97 Å². The van der Waals surface area contributed by atoms with Crippen LogP contribution in [0, 0.1) is 0 Å². The van der Waals surface area contributed by atoms with E-state index in [1.54, 1.807) is 4.90 Å². The summed E-state index contributed by atoms with van der Waals surface area (Å²) < 4.78 is 5.52. The molecule has 6 nitrogen and oxygen atoms in total. The van der Waals surface area contributed by atoms with Gasteiger partial charge >= 0.3 is 11.8 Å². The zero-order valence-corrected chi connectivity index (χ0v) is 15.3. The molecular weight excluding hydrogens is 306 g/mol. The molecule has 2 N–H and O–H groups in total. The van der Waals surface area contributed by atoms with Crippen molar-refractivity contribution in [3.05, 3.63) is 34.2 Å². The Morgan fingerprint density at radius 2 is 1.71 bits per heavy atom. The molecule has 0 saturated carbocycles. The summed E-state index contributed by atoms with van der Waals surface area (Å²) in [7, 11) is 0. The third kappa shape index (κ3) is 4.63. The van der Waals surface area contributed by atoms with Gasteiger partial charge in [0.1, 0.15) is 5.60 Å². The number of carbonyl (C=O) groups is 1. The maximum Gasteiger partial charge on any atom is 0.410 e. The number of aromatic nitrogens is 2. The molecule has 1 aromatic heterocycles. The number of imidazole rings is 1. The van der Waals surface area contributed by atoms with Crippen LogP contribution in [-0.4, -0.2) is 38.6 Å². The molecular formula is C18H27N3O3. The molecule has 0 radical (unpaired) electrons. The number of aromatic amines is 2. The quantitative estimate of drug-likeness (QED) is 0.903. The Hall–Kier alpha value is -2.24. The second-order valence-corrected chi connectivity index (χ2v) is 8.01. The van der Waals surface area contributed by atoms with Gasteiger partial charge in [0.25, 0.3) is 0 Å². The monoisotopic (exact) mass is 333 g/mol. The standard InChI is InChI=1S/C18H27N3O3/c1-17(2,3)21(16(23)24-18(4,5)6)10-9-12-7-8-13-14(11-12)20-15(22)19-13/h7-8,11H,9-10H2,1-6H3,(H2,19,20,22). The molecule has 1 heterocycles. The molecule has 1 amide bonds. The Morgan fingerprint density at radius 1 is 1.08 bits per heavy atom. The molecule has 132 valence electrons. The summed E-state index contributed by atoms with van der Waals surface area (Å²) in [5, 5.41) is 0. The molecule has 24 heavy (non-hydrogen) atoms. The van der Waals surface area contributed by atoms with Gasteiger partial charge in [-0.3, -0.25) is 0 Å². The number of H-pyrrole nitrogens is 2. The van der Waals surface area contributed by atoms with Crippen LogP contribution in [0.4, 0.5) is 4.79 Å². The highest BCUT2D eigenvalue weighted by molar-refractivity contribution is 5.75. The van der Waals surface area contributed by atoms with Gasteiger partial charge in [0.05, 0.1) is 11.0 Å². The van der Waals surface area contributed by atoms with Crippen LogP contribution in [0.1, 0.15) is 47.1 Å². The molecule has 0 fully saturated rings. The maximum absolute atomic E-state index is 12.5. The van der Waals surface area contributed by atoms with Crippen molar-refractivity contribution in [1.82, 2.24) is 14.9 Å². The first-order valence-electron chi connectivity index (χ1n) is 8.17. The number of fused-ring (bicyclic) bond motifs is 1. The second kappa shape index (κ2) is 6.34. The number of hydrogen-bond donors (Lipinski definition) is 2. The predicted octanol–water partition coefficient (Wildman–Crippen LogP) is 3.43. The molecule has 1 aromatic carbocycles. The van der Waals surface area contributed by atoms with Crippen molar-refractivity contribution in [3.63, 3.8) is 0 Å². The Kier molecular flexibility index (Phi) is 4.78. The molecule has 0 saturated heterocycles. The molecule has 0 spiro atoms. The summed E-state index contributed by atoms with van der Waals surface area (Å²) in [4.78, 5) is 31.0. The minimum atomic E-state index is -0.524. The number of nitrogens with zero attached hydrogens (tertiary/aromatic N) is 1.